The summed E-state index contributed by atoms with van der Waals surface area (Å²) in [6.07, 6.45) is 8.32. The van der Waals surface area contributed by atoms with Crippen LogP contribution in [-0.2, 0) is 12.8 Å². The van der Waals surface area contributed by atoms with Crippen LogP contribution in [0.1, 0.15) is 91.0 Å². The Bertz CT molecular complexity index is 835. The van der Waals surface area contributed by atoms with Crippen molar-refractivity contribution in [1.82, 2.24) is 0 Å². The maximum absolute atomic E-state index is 7.03. The Hall–Kier alpha value is -2.93. The van der Waals surface area contributed by atoms with E-state index in [4.69, 9.17) is 5.41 Å². The Morgan fingerprint density at radius 1 is 0.806 bits per heavy atom. The molecule has 0 saturated heterocycles. The van der Waals surface area contributed by atoms with Crippen LogP contribution in [0.2, 0.25) is 0 Å². The molecule has 0 unspecified atom stereocenters. The molecule has 0 aliphatic heterocycles. The van der Waals surface area contributed by atoms with E-state index in [-0.39, 0.29) is 0 Å². The van der Waals surface area contributed by atoms with Crippen molar-refractivity contribution in [2.75, 3.05) is 0 Å². The van der Waals surface area contributed by atoms with Crippen LogP contribution in [0.25, 0.3) is 0 Å². The second-order valence-corrected chi connectivity index (χ2v) is 8.02. The molecule has 0 aliphatic rings. The zero-order chi connectivity index (χ0) is 28.9. The van der Waals surface area contributed by atoms with Gasteiger partial charge in [0.25, 0.3) is 0 Å². The second kappa shape index (κ2) is 30.1. The zero-order valence-electron chi connectivity index (χ0n) is 25.6. The van der Waals surface area contributed by atoms with Crippen molar-refractivity contribution in [2.24, 2.45) is 0 Å². The van der Waals surface area contributed by atoms with Gasteiger partial charge in [0, 0.05) is 6.21 Å². The van der Waals surface area contributed by atoms with Crippen LogP contribution in [-0.4, -0.2) is 6.21 Å². The first kappa shape index (κ1) is 40.2. The van der Waals surface area contributed by atoms with E-state index < -0.39 is 0 Å². The maximum Gasteiger partial charge on any atom is 0.0255 e. The van der Waals surface area contributed by atoms with Gasteiger partial charge in [0.15, 0.2) is 0 Å². The van der Waals surface area contributed by atoms with Crippen LogP contribution in [0.4, 0.5) is 0 Å². The number of hydrogen-bond acceptors (Lipinski definition) is 1. The predicted octanol–water partition coefficient (Wildman–Crippen LogP) is 11.5. The minimum atomic E-state index is 0.870. The summed E-state index contributed by atoms with van der Waals surface area (Å²) in [4.78, 5) is 0. The van der Waals surface area contributed by atoms with Gasteiger partial charge >= 0.3 is 0 Å². The van der Waals surface area contributed by atoms with Gasteiger partial charge in [-0.3, -0.25) is 0 Å². The number of allylic oxidation sites excluding steroid dienone is 5. The molecular formula is C35H57N. The van der Waals surface area contributed by atoms with Crippen molar-refractivity contribution in [3.8, 4) is 0 Å². The molecular weight excluding hydrogens is 434 g/mol. The van der Waals surface area contributed by atoms with Gasteiger partial charge in [0.2, 0.25) is 0 Å². The molecule has 0 saturated carbocycles. The summed E-state index contributed by atoms with van der Waals surface area (Å²) in [5.41, 5.74) is 8.32. The van der Waals surface area contributed by atoms with Crippen molar-refractivity contribution < 1.29 is 0 Å². The van der Waals surface area contributed by atoms with E-state index in [0.29, 0.717) is 0 Å². The molecule has 2 aromatic rings. The lowest BCUT2D eigenvalue weighted by molar-refractivity contribution is 1.09. The van der Waals surface area contributed by atoms with E-state index in [0.717, 1.165) is 29.6 Å². The van der Waals surface area contributed by atoms with Gasteiger partial charge in [-0.1, -0.05) is 133 Å². The lowest BCUT2D eigenvalue weighted by atomic mass is 10.1. The summed E-state index contributed by atoms with van der Waals surface area (Å²) in [5, 5.41) is 7.03. The SMILES string of the molecule is C=C/C(C)=C(/C=N)C(=C)C.C=CC.CC.CCC.CCc1ccc(C)cc1.CCc1cccc(C)c1. The topological polar surface area (TPSA) is 23.9 Å². The molecule has 0 spiro atoms. The van der Waals surface area contributed by atoms with Crippen molar-refractivity contribution in [1.29, 1.82) is 5.41 Å². The smallest absolute Gasteiger partial charge is 0.0255 e. The third-order valence-corrected chi connectivity index (χ3v) is 4.35. The third-order valence-electron chi connectivity index (χ3n) is 4.35. The Labute approximate surface area is 226 Å². The van der Waals surface area contributed by atoms with Gasteiger partial charge in [-0.15, -0.1) is 6.58 Å². The molecule has 202 valence electrons. The van der Waals surface area contributed by atoms with Crippen LogP contribution in [0.15, 0.2) is 97.1 Å². The molecule has 2 aromatic carbocycles. The van der Waals surface area contributed by atoms with Gasteiger partial charge in [0.05, 0.1) is 0 Å². The van der Waals surface area contributed by atoms with Crippen LogP contribution < -0.4 is 0 Å². The standard InChI is InChI=1S/C9H13N.2C9H12.C3H8.C3H6.C2H6/c1-5-8(4)9(6-10)7(2)3;1-3-9-6-4-8(2)5-7-9;1-3-9-6-4-5-8(2)7-9;2*1-3-2;1-2/h5-6,10H,1-2H2,3-4H3;2*4-7H,3H2,1-2H3;3H2,1-2H3;3H,1H2,2H3;1-2H3/b9-8-,10-6?;;;;;. The quantitative estimate of drug-likeness (QED) is 0.244. The van der Waals surface area contributed by atoms with E-state index in [9.17, 15) is 0 Å². The van der Waals surface area contributed by atoms with Crippen LogP contribution in [0.3, 0.4) is 0 Å². The Balaban J connectivity index is -0.000000186. The van der Waals surface area contributed by atoms with Gasteiger partial charge in [-0.2, -0.15) is 0 Å². The van der Waals surface area contributed by atoms with Crippen molar-refractivity contribution in [3.05, 3.63) is 119 Å². The van der Waals surface area contributed by atoms with Crippen molar-refractivity contribution in [3.63, 3.8) is 0 Å². The average molecular weight is 492 g/mol. The fraction of sp³-hybridized carbons (Fsp3) is 0.400. The minimum Gasteiger partial charge on any atom is -0.308 e. The predicted molar refractivity (Wildman–Crippen MR) is 171 cm³/mol. The summed E-state index contributed by atoms with van der Waals surface area (Å²) in [7, 11) is 0. The van der Waals surface area contributed by atoms with Crippen molar-refractivity contribution >= 4 is 6.21 Å². The number of hydrogen-bond donors (Lipinski definition) is 1. The Kier molecular flexibility index (Phi) is 33.7. The van der Waals surface area contributed by atoms with Gasteiger partial charge in [-0.05, 0) is 75.3 Å². The second-order valence-electron chi connectivity index (χ2n) is 8.02. The molecule has 0 fully saturated rings. The van der Waals surface area contributed by atoms with Gasteiger partial charge in [-0.25, -0.2) is 0 Å². The molecule has 0 aromatic heterocycles. The summed E-state index contributed by atoms with van der Waals surface area (Å²) >= 11 is 0. The monoisotopic (exact) mass is 491 g/mol. The van der Waals surface area contributed by atoms with Gasteiger partial charge < -0.3 is 5.41 Å². The van der Waals surface area contributed by atoms with Crippen LogP contribution >= 0.6 is 0 Å². The minimum absolute atomic E-state index is 0.870. The zero-order valence-corrected chi connectivity index (χ0v) is 25.6. The van der Waals surface area contributed by atoms with E-state index in [1.165, 1.54) is 34.9 Å². The van der Waals surface area contributed by atoms with E-state index in [1.807, 2.05) is 34.6 Å². The summed E-state index contributed by atoms with van der Waals surface area (Å²) < 4.78 is 0. The highest BCUT2D eigenvalue weighted by Crippen LogP contribution is 2.10. The molecule has 0 aliphatic carbocycles. The van der Waals surface area contributed by atoms with E-state index in [2.05, 4.69) is 110 Å². The van der Waals surface area contributed by atoms with Crippen LogP contribution in [0.5, 0.6) is 0 Å². The van der Waals surface area contributed by atoms with Gasteiger partial charge in [0.1, 0.15) is 0 Å². The first-order valence-corrected chi connectivity index (χ1v) is 13.3. The molecule has 0 atom stereocenters. The molecule has 0 amide bonds. The summed E-state index contributed by atoms with van der Waals surface area (Å²) in [5.74, 6) is 0. The highest BCUT2D eigenvalue weighted by molar-refractivity contribution is 5.83. The fourth-order valence-electron chi connectivity index (χ4n) is 2.44. The normalized spacial score (nSPS) is 9.08. The summed E-state index contributed by atoms with van der Waals surface area (Å²) in [6.45, 7) is 33.2. The number of rotatable bonds is 5. The lowest BCUT2D eigenvalue weighted by Crippen LogP contribution is -1.88. The first-order chi connectivity index (χ1) is 17.1. The number of benzene rings is 2. The van der Waals surface area contributed by atoms with E-state index in [1.54, 1.807) is 12.2 Å². The first-order valence-electron chi connectivity index (χ1n) is 13.3. The van der Waals surface area contributed by atoms with Crippen LogP contribution in [0, 0.1) is 19.3 Å². The molecule has 0 bridgehead atoms. The Morgan fingerprint density at radius 3 is 1.50 bits per heavy atom. The van der Waals surface area contributed by atoms with E-state index >= 15 is 0 Å². The Morgan fingerprint density at radius 2 is 1.25 bits per heavy atom. The summed E-state index contributed by atoms with van der Waals surface area (Å²) in [6, 6.07) is 17.3. The molecule has 2 rings (SSSR count). The number of aryl methyl sites for hydroxylation is 4. The molecule has 0 radical (unpaired) electrons. The maximum atomic E-state index is 7.03. The third kappa shape index (κ3) is 25.7. The molecule has 1 heteroatoms. The lowest BCUT2D eigenvalue weighted by Gasteiger charge is -2.00. The fourth-order valence-corrected chi connectivity index (χ4v) is 2.44. The average Bonchev–Trinajstić information content (AvgIpc) is 2.87. The molecule has 1 nitrogen and oxygen atoms in total. The number of nitrogens with one attached hydrogen (secondary N) is 1. The molecule has 36 heavy (non-hydrogen) atoms. The largest absolute Gasteiger partial charge is 0.308 e. The van der Waals surface area contributed by atoms with Crippen molar-refractivity contribution in [2.45, 2.75) is 95.4 Å². The molecule has 1 N–H and O–H groups in total. The highest BCUT2D eigenvalue weighted by Gasteiger charge is 1.95. The highest BCUT2D eigenvalue weighted by atomic mass is 14.3. The molecule has 0 heterocycles.